The molecule has 2 aliphatic carbocycles. The largest absolute Gasteiger partial charge is 0.667 e. The highest BCUT2D eigenvalue weighted by molar-refractivity contribution is 6.90. The van der Waals surface area contributed by atoms with Gasteiger partial charge in [-0.2, -0.15) is 0 Å². The second-order valence-electron chi connectivity index (χ2n) is 8.47. The molecule has 0 fully saturated rings. The minimum absolute atomic E-state index is 0.314. The van der Waals surface area contributed by atoms with Gasteiger partial charge in [-0.1, -0.05) is 102 Å². The Kier molecular flexibility index (Phi) is 4.96. The van der Waals surface area contributed by atoms with E-state index in [0.717, 1.165) is 13.2 Å². The molecule has 0 saturated carbocycles. The van der Waals surface area contributed by atoms with Gasteiger partial charge in [0, 0.05) is 0 Å². The van der Waals surface area contributed by atoms with E-state index in [1.54, 1.807) is 0 Å². The van der Waals surface area contributed by atoms with Gasteiger partial charge in [-0.25, -0.2) is 0 Å². The average Bonchev–Trinajstić information content (AvgIpc) is 3.43. The van der Waals surface area contributed by atoms with Crippen LogP contribution in [0.15, 0.2) is 91.0 Å². The molecule has 0 bridgehead atoms. The smallest absolute Gasteiger partial charge is 0.342 e. The molecule has 30 heavy (non-hydrogen) atoms. The van der Waals surface area contributed by atoms with Crippen molar-refractivity contribution in [2.45, 2.75) is 25.5 Å². The fourth-order valence-electron chi connectivity index (χ4n) is 6.17. The highest BCUT2D eigenvalue weighted by atomic mass is 16.6. The second-order valence-corrected chi connectivity index (χ2v) is 8.47. The molecule has 0 amide bonds. The number of hydrogen-bond donors (Lipinski definition) is 0. The lowest BCUT2D eigenvalue weighted by molar-refractivity contribution is 0.00821. The molecular weight excluding hydrogens is 363 g/mol. The van der Waals surface area contributed by atoms with Crippen LogP contribution in [0.1, 0.15) is 47.7 Å². The van der Waals surface area contributed by atoms with Crippen molar-refractivity contribution in [3.05, 3.63) is 113 Å². The Hall–Kier alpha value is -2.84. The summed E-state index contributed by atoms with van der Waals surface area (Å²) in [7, 11) is 0. The molecule has 0 aliphatic heterocycles. The maximum atomic E-state index is 3.81. The molecule has 1 nitrogen and oxygen atoms in total. The molecule has 3 aromatic rings. The maximum Gasteiger partial charge on any atom is 0.342 e. The molecule has 0 aromatic heterocycles. The Bertz CT molecular complexity index is 1030. The van der Waals surface area contributed by atoms with Crippen LogP contribution < -0.4 is 5.46 Å². The highest BCUT2D eigenvalue weighted by Crippen LogP contribution is 2.49. The lowest BCUT2D eigenvalue weighted by Gasteiger charge is -2.54. The van der Waals surface area contributed by atoms with Gasteiger partial charge in [0.05, 0.1) is 13.2 Å². The quantitative estimate of drug-likeness (QED) is 0.351. The molecule has 3 aromatic carbocycles. The molecule has 0 radical (unpaired) electrons. The normalized spacial score (nSPS) is 20.9. The Balaban J connectivity index is 1.82. The first kappa shape index (κ1) is 19.1. The van der Waals surface area contributed by atoms with E-state index in [0.29, 0.717) is 11.6 Å². The van der Waals surface area contributed by atoms with Gasteiger partial charge < -0.3 is 4.28 Å². The van der Waals surface area contributed by atoms with E-state index >= 15 is 0 Å². The summed E-state index contributed by atoms with van der Waals surface area (Å²) >= 11 is 0. The van der Waals surface area contributed by atoms with Gasteiger partial charge in [-0.05, 0) is 36.6 Å². The predicted octanol–water partition coefficient (Wildman–Crippen LogP) is 6.13. The second kappa shape index (κ2) is 7.77. The van der Waals surface area contributed by atoms with Crippen LogP contribution in [0.2, 0.25) is 0 Å². The zero-order chi connectivity index (χ0) is 20.6. The molecule has 0 spiro atoms. The summed E-state index contributed by atoms with van der Waals surface area (Å²) in [5.74, 6) is 0.628. The van der Waals surface area contributed by atoms with Crippen molar-refractivity contribution in [3.63, 3.8) is 0 Å². The third-order valence-corrected chi connectivity index (χ3v) is 7.36. The van der Waals surface area contributed by atoms with Crippen LogP contribution in [0.5, 0.6) is 0 Å². The summed E-state index contributed by atoms with van der Waals surface area (Å²) in [5, 5.41) is 0. The maximum absolute atomic E-state index is 3.81. The van der Waals surface area contributed by atoms with Crippen LogP contribution in [-0.4, -0.2) is 19.6 Å². The number of hydrogen-bond acceptors (Lipinski definition) is 0. The van der Waals surface area contributed by atoms with Crippen LogP contribution in [0.4, 0.5) is 0 Å². The molecule has 5 rings (SSSR count). The van der Waals surface area contributed by atoms with Crippen molar-refractivity contribution in [1.29, 1.82) is 0 Å². The van der Waals surface area contributed by atoms with Crippen molar-refractivity contribution in [3.8, 4) is 0 Å². The van der Waals surface area contributed by atoms with Gasteiger partial charge in [0.1, 0.15) is 0 Å². The number of benzene rings is 3. The van der Waals surface area contributed by atoms with E-state index in [4.69, 9.17) is 0 Å². The van der Waals surface area contributed by atoms with Crippen molar-refractivity contribution in [1.82, 2.24) is 0 Å². The summed E-state index contributed by atoms with van der Waals surface area (Å²) in [6.45, 7) is 6.46. The molecule has 2 atom stereocenters. The summed E-state index contributed by atoms with van der Waals surface area (Å²) in [4.78, 5) is 0. The van der Waals surface area contributed by atoms with E-state index < -0.39 is 6.35 Å². The number of fused-ring (bicyclic) bond motifs is 2. The standard InChI is InChI=1S/C28H29BO/c1-3-30(4-2)29(24-14-6-5-7-15-24,27-20-18-22-12-8-10-16-25(22)27)28-21-19-23-13-9-11-17-26(23)28/h5-21,27-28H,3-4H2,1-2H3. The first-order chi connectivity index (χ1) is 14.8. The van der Waals surface area contributed by atoms with Gasteiger partial charge in [-0.15, -0.1) is 17.6 Å². The zero-order valence-corrected chi connectivity index (χ0v) is 17.9. The van der Waals surface area contributed by atoms with Gasteiger partial charge in [-0.3, -0.25) is 0 Å². The third-order valence-electron chi connectivity index (χ3n) is 7.36. The molecule has 2 unspecified atom stereocenters. The van der Waals surface area contributed by atoms with E-state index in [1.807, 2.05) is 0 Å². The lowest BCUT2D eigenvalue weighted by Crippen LogP contribution is -2.65. The Morgan fingerprint density at radius 3 is 1.60 bits per heavy atom. The molecular formula is C28H29BO. The molecule has 0 saturated heterocycles. The first-order valence-electron chi connectivity index (χ1n) is 11.2. The Labute approximate surface area is 180 Å². The Morgan fingerprint density at radius 1 is 0.633 bits per heavy atom. The minimum atomic E-state index is -1.21. The number of rotatable bonds is 6. The monoisotopic (exact) mass is 392 g/mol. The summed E-state index contributed by atoms with van der Waals surface area (Å²) in [6, 6.07) is 29.1. The van der Waals surface area contributed by atoms with Crippen LogP contribution in [0, 0.1) is 0 Å². The molecule has 2 aliphatic rings. The average molecular weight is 392 g/mol. The van der Waals surface area contributed by atoms with Gasteiger partial charge in [0.15, 0.2) is 0 Å². The summed E-state index contributed by atoms with van der Waals surface area (Å²) < 4.78 is 3.81. The van der Waals surface area contributed by atoms with E-state index in [-0.39, 0.29) is 0 Å². The van der Waals surface area contributed by atoms with Crippen molar-refractivity contribution in [2.24, 2.45) is 0 Å². The van der Waals surface area contributed by atoms with Crippen LogP contribution in [0.3, 0.4) is 0 Å². The number of allylic oxidation sites excluding steroid dienone is 2. The van der Waals surface area contributed by atoms with Gasteiger partial charge >= 0.3 is 6.35 Å². The van der Waals surface area contributed by atoms with Crippen molar-refractivity contribution in [2.75, 3.05) is 13.2 Å². The van der Waals surface area contributed by atoms with Crippen LogP contribution in [-0.2, 0) is 4.28 Å². The molecule has 150 valence electrons. The summed E-state index contributed by atoms with van der Waals surface area (Å²) in [5.41, 5.74) is 7.02. The third kappa shape index (κ3) is 2.75. The SMILES string of the molecule is CC[O+](CC)[B-](c1ccccc1)(C1C=Cc2ccccc21)C1C=Cc2ccccc21. The fourth-order valence-corrected chi connectivity index (χ4v) is 6.17. The molecule has 0 heterocycles. The first-order valence-corrected chi connectivity index (χ1v) is 11.2. The van der Waals surface area contributed by atoms with Crippen molar-refractivity contribution < 1.29 is 4.28 Å². The predicted molar refractivity (Wildman–Crippen MR) is 130 cm³/mol. The summed E-state index contributed by atoms with van der Waals surface area (Å²) in [6.07, 6.45) is 8.36. The van der Waals surface area contributed by atoms with Crippen LogP contribution in [0.25, 0.3) is 12.2 Å². The topological polar surface area (TPSA) is 2.70 Å². The fraction of sp³-hybridized carbons (Fsp3) is 0.214. The zero-order valence-electron chi connectivity index (χ0n) is 17.9. The van der Waals surface area contributed by atoms with E-state index in [1.165, 1.54) is 27.7 Å². The van der Waals surface area contributed by atoms with Gasteiger partial charge in [0.2, 0.25) is 0 Å². The van der Waals surface area contributed by atoms with Crippen molar-refractivity contribution >= 4 is 24.0 Å². The lowest BCUT2D eigenvalue weighted by atomic mass is 9.21. The van der Waals surface area contributed by atoms with Crippen LogP contribution >= 0.6 is 0 Å². The van der Waals surface area contributed by atoms with Gasteiger partial charge in [0.25, 0.3) is 0 Å². The Morgan fingerprint density at radius 2 is 1.10 bits per heavy atom. The molecule has 2 heteroatoms. The highest BCUT2D eigenvalue weighted by Gasteiger charge is 2.55. The van der Waals surface area contributed by atoms with E-state index in [2.05, 4.69) is 121 Å². The minimum Gasteiger partial charge on any atom is -0.667 e. The van der Waals surface area contributed by atoms with E-state index in [9.17, 15) is 0 Å². The molecule has 0 N–H and O–H groups in total.